The Hall–Kier alpha value is -3.22. The van der Waals surface area contributed by atoms with Crippen LogP contribution in [0.3, 0.4) is 0 Å². The lowest BCUT2D eigenvalue weighted by molar-refractivity contribution is 0.340. The van der Waals surface area contributed by atoms with Crippen molar-refractivity contribution < 1.29 is 4.74 Å². The van der Waals surface area contributed by atoms with Crippen LogP contribution in [0.15, 0.2) is 55.0 Å². The minimum Gasteiger partial charge on any atom is -0.494 e. The maximum atomic E-state index is 5.42. The second kappa shape index (κ2) is 7.87. The highest BCUT2D eigenvalue weighted by Crippen LogP contribution is 2.18. The molecule has 0 unspecified atom stereocenters. The van der Waals surface area contributed by atoms with Crippen molar-refractivity contribution in [2.45, 2.75) is 13.5 Å². The van der Waals surface area contributed by atoms with E-state index >= 15 is 0 Å². The smallest absolute Gasteiger partial charge is 0.249 e. The summed E-state index contributed by atoms with van der Waals surface area (Å²) >= 11 is 0. The fourth-order valence-corrected chi connectivity index (χ4v) is 2.07. The monoisotopic (exact) mass is 322 g/mol. The van der Waals surface area contributed by atoms with Crippen molar-refractivity contribution in [1.29, 1.82) is 0 Å². The van der Waals surface area contributed by atoms with Gasteiger partial charge in [-0.15, -0.1) is 5.10 Å². The largest absolute Gasteiger partial charge is 0.494 e. The number of nitrogens with zero attached hydrogens (tertiary/aromatic N) is 4. The van der Waals surface area contributed by atoms with Gasteiger partial charge in [0.1, 0.15) is 5.75 Å². The number of benzene rings is 1. The average Bonchev–Trinajstić information content (AvgIpc) is 2.63. The van der Waals surface area contributed by atoms with Crippen LogP contribution in [0.5, 0.6) is 5.75 Å². The Balaban J connectivity index is 1.62. The number of nitrogens with one attached hydrogen (secondary N) is 2. The molecule has 0 spiro atoms. The highest BCUT2D eigenvalue weighted by atomic mass is 16.5. The SMILES string of the molecule is CCOc1ccc(Nc2nncc(NCc3cccnc3)n2)cc1. The average molecular weight is 322 g/mol. The van der Waals surface area contributed by atoms with Crippen LogP contribution in [0.25, 0.3) is 0 Å². The van der Waals surface area contributed by atoms with Crippen LogP contribution in [0, 0.1) is 0 Å². The van der Waals surface area contributed by atoms with Gasteiger partial charge in [0.25, 0.3) is 0 Å². The first-order valence-electron chi connectivity index (χ1n) is 7.66. The lowest BCUT2D eigenvalue weighted by atomic mass is 10.3. The molecule has 0 bridgehead atoms. The predicted molar refractivity (Wildman–Crippen MR) is 92.3 cm³/mol. The van der Waals surface area contributed by atoms with Crippen LogP contribution >= 0.6 is 0 Å². The summed E-state index contributed by atoms with van der Waals surface area (Å²) in [6.07, 6.45) is 5.13. The second-order valence-electron chi connectivity index (χ2n) is 4.96. The number of hydrogen-bond donors (Lipinski definition) is 2. The molecule has 1 aromatic carbocycles. The molecule has 2 heterocycles. The van der Waals surface area contributed by atoms with E-state index in [4.69, 9.17) is 4.74 Å². The number of ether oxygens (including phenoxy) is 1. The van der Waals surface area contributed by atoms with E-state index in [-0.39, 0.29) is 0 Å². The Kier molecular flexibility index (Phi) is 5.14. The summed E-state index contributed by atoms with van der Waals surface area (Å²) in [6.45, 7) is 3.22. The molecule has 0 saturated heterocycles. The number of hydrogen-bond acceptors (Lipinski definition) is 7. The lowest BCUT2D eigenvalue weighted by Crippen LogP contribution is -2.05. The molecular weight excluding hydrogens is 304 g/mol. The fourth-order valence-electron chi connectivity index (χ4n) is 2.07. The topological polar surface area (TPSA) is 84.9 Å². The van der Waals surface area contributed by atoms with Crippen LogP contribution < -0.4 is 15.4 Å². The maximum Gasteiger partial charge on any atom is 0.249 e. The minimum absolute atomic E-state index is 0.426. The lowest BCUT2D eigenvalue weighted by Gasteiger charge is -2.08. The number of anilines is 3. The van der Waals surface area contributed by atoms with Gasteiger partial charge in [-0.1, -0.05) is 6.07 Å². The number of aromatic nitrogens is 4. The maximum absolute atomic E-state index is 5.42. The van der Waals surface area contributed by atoms with Crippen LogP contribution in [0.1, 0.15) is 12.5 Å². The van der Waals surface area contributed by atoms with Crippen LogP contribution in [0.2, 0.25) is 0 Å². The molecule has 0 saturated carbocycles. The van der Waals surface area contributed by atoms with Gasteiger partial charge in [-0.3, -0.25) is 4.98 Å². The molecule has 122 valence electrons. The zero-order chi connectivity index (χ0) is 16.6. The Labute approximate surface area is 140 Å². The highest BCUT2D eigenvalue weighted by Gasteiger charge is 2.02. The molecule has 0 radical (unpaired) electrons. The summed E-state index contributed by atoms with van der Waals surface area (Å²) < 4.78 is 5.42. The van der Waals surface area contributed by atoms with Gasteiger partial charge < -0.3 is 15.4 Å². The fraction of sp³-hybridized carbons (Fsp3) is 0.176. The minimum atomic E-state index is 0.426. The molecule has 0 fully saturated rings. The van der Waals surface area contributed by atoms with Crippen molar-refractivity contribution in [1.82, 2.24) is 20.2 Å². The Morgan fingerprint density at radius 2 is 1.96 bits per heavy atom. The van der Waals surface area contributed by atoms with Crippen molar-refractivity contribution in [3.05, 3.63) is 60.6 Å². The van der Waals surface area contributed by atoms with Gasteiger partial charge in [0.2, 0.25) is 5.95 Å². The van der Waals surface area contributed by atoms with Crippen molar-refractivity contribution in [3.63, 3.8) is 0 Å². The van der Waals surface area contributed by atoms with Crippen molar-refractivity contribution in [3.8, 4) is 5.75 Å². The number of rotatable bonds is 7. The summed E-state index contributed by atoms with van der Waals surface area (Å²) in [5.74, 6) is 1.90. The quantitative estimate of drug-likeness (QED) is 0.691. The van der Waals surface area contributed by atoms with E-state index in [1.165, 1.54) is 0 Å². The third kappa shape index (κ3) is 4.39. The van der Waals surface area contributed by atoms with Gasteiger partial charge in [0.05, 0.1) is 12.8 Å². The molecule has 7 heteroatoms. The molecular formula is C17H18N6O. The summed E-state index contributed by atoms with van der Waals surface area (Å²) in [7, 11) is 0. The molecule has 0 aliphatic heterocycles. The second-order valence-corrected chi connectivity index (χ2v) is 4.96. The molecule has 3 rings (SSSR count). The van der Waals surface area contributed by atoms with Gasteiger partial charge in [-0.2, -0.15) is 10.1 Å². The highest BCUT2D eigenvalue weighted by molar-refractivity contribution is 5.55. The molecule has 3 aromatic rings. The first-order valence-corrected chi connectivity index (χ1v) is 7.66. The molecule has 2 N–H and O–H groups in total. The first kappa shape index (κ1) is 15.7. The van der Waals surface area contributed by atoms with Crippen molar-refractivity contribution in [2.75, 3.05) is 17.2 Å². The molecule has 0 aliphatic rings. The van der Waals surface area contributed by atoms with E-state index in [0.29, 0.717) is 24.9 Å². The van der Waals surface area contributed by atoms with E-state index in [2.05, 4.69) is 30.8 Å². The van der Waals surface area contributed by atoms with Crippen molar-refractivity contribution in [2.24, 2.45) is 0 Å². The van der Waals surface area contributed by atoms with Crippen LogP contribution in [-0.4, -0.2) is 26.8 Å². The predicted octanol–water partition coefficient (Wildman–Crippen LogP) is 3.02. The normalized spacial score (nSPS) is 10.2. The zero-order valence-corrected chi connectivity index (χ0v) is 13.3. The summed E-state index contributed by atoms with van der Waals surface area (Å²) in [6, 6.07) is 11.5. The van der Waals surface area contributed by atoms with E-state index in [1.807, 2.05) is 43.3 Å². The summed E-state index contributed by atoms with van der Waals surface area (Å²) in [5, 5.41) is 14.3. The molecule has 7 nitrogen and oxygen atoms in total. The standard InChI is InChI=1S/C17H18N6O/c1-2-24-15-7-5-14(6-8-15)21-17-22-16(12-20-23-17)19-11-13-4-3-9-18-10-13/h3-10,12H,2,11H2,1H3,(H2,19,21,22,23). The Morgan fingerprint density at radius 1 is 1.08 bits per heavy atom. The molecule has 0 atom stereocenters. The van der Waals surface area contributed by atoms with E-state index in [9.17, 15) is 0 Å². The van der Waals surface area contributed by atoms with Gasteiger partial charge in [0, 0.05) is 24.6 Å². The number of pyridine rings is 1. The van der Waals surface area contributed by atoms with Crippen LogP contribution in [-0.2, 0) is 6.54 Å². The zero-order valence-electron chi connectivity index (χ0n) is 13.3. The summed E-state index contributed by atoms with van der Waals surface area (Å²) in [5.41, 5.74) is 1.93. The van der Waals surface area contributed by atoms with E-state index < -0.39 is 0 Å². The van der Waals surface area contributed by atoms with E-state index in [1.54, 1.807) is 18.6 Å². The molecule has 0 aliphatic carbocycles. The van der Waals surface area contributed by atoms with Crippen molar-refractivity contribution >= 4 is 17.5 Å². The van der Waals surface area contributed by atoms with E-state index in [0.717, 1.165) is 17.0 Å². The molecule has 0 amide bonds. The summed E-state index contributed by atoms with van der Waals surface area (Å²) in [4.78, 5) is 8.47. The third-order valence-corrected chi connectivity index (χ3v) is 3.18. The first-order chi connectivity index (χ1) is 11.8. The van der Waals surface area contributed by atoms with Gasteiger partial charge >= 0.3 is 0 Å². The van der Waals surface area contributed by atoms with Crippen LogP contribution in [0.4, 0.5) is 17.5 Å². The molecule has 2 aromatic heterocycles. The Morgan fingerprint density at radius 3 is 2.71 bits per heavy atom. The van der Waals surface area contributed by atoms with Gasteiger partial charge in [-0.25, -0.2) is 0 Å². The third-order valence-electron chi connectivity index (χ3n) is 3.18. The Bertz CT molecular complexity index is 764. The van der Waals surface area contributed by atoms with Gasteiger partial charge in [-0.05, 0) is 42.8 Å². The van der Waals surface area contributed by atoms with Gasteiger partial charge in [0.15, 0.2) is 5.82 Å². The molecule has 24 heavy (non-hydrogen) atoms.